The van der Waals surface area contributed by atoms with Crippen LogP contribution in [0.1, 0.15) is 280 Å². The first-order valence-electron chi connectivity index (χ1n) is 36.0. The van der Waals surface area contributed by atoms with E-state index in [1.807, 2.05) is 41.4 Å². The highest BCUT2D eigenvalue weighted by Gasteiger charge is 2.27. The van der Waals surface area contributed by atoms with Gasteiger partial charge >= 0.3 is 0 Å². The van der Waals surface area contributed by atoms with E-state index in [-0.39, 0.29) is 51.5 Å². The summed E-state index contributed by atoms with van der Waals surface area (Å²) in [7, 11) is 0. The summed E-state index contributed by atoms with van der Waals surface area (Å²) >= 11 is 0. The second kappa shape index (κ2) is 46.9. The van der Waals surface area contributed by atoms with Gasteiger partial charge in [0.15, 0.2) is 5.69 Å². The first kappa shape index (κ1) is 82.0. The van der Waals surface area contributed by atoms with Crippen LogP contribution in [0.2, 0.25) is 0 Å². The van der Waals surface area contributed by atoms with Gasteiger partial charge in [0.25, 0.3) is 22.9 Å². The Balaban J connectivity index is 0.000000534. The minimum Gasteiger partial charge on any atom is -0.492 e. The van der Waals surface area contributed by atoms with Crippen LogP contribution in [-0.4, -0.2) is 93.5 Å². The molecule has 4 aromatic rings. The van der Waals surface area contributed by atoms with Crippen LogP contribution < -0.4 is 26.9 Å². The Labute approximate surface area is 561 Å². The summed E-state index contributed by atoms with van der Waals surface area (Å²) < 4.78 is 2.44. The van der Waals surface area contributed by atoms with E-state index in [1.165, 1.54) is 66.8 Å². The molecule has 4 rings (SSSR count). The third-order valence-corrected chi connectivity index (χ3v) is 18.0. The lowest BCUT2D eigenvalue weighted by atomic mass is 9.95. The zero-order chi connectivity index (χ0) is 69.3. The fourth-order valence-corrected chi connectivity index (χ4v) is 11.5. The second-order valence-corrected chi connectivity index (χ2v) is 25.5. The predicted octanol–water partition coefficient (Wildman–Crippen LogP) is 18.0. The molecule has 0 aliphatic carbocycles. The molecule has 2 aromatic heterocycles. The van der Waals surface area contributed by atoms with Gasteiger partial charge in [-0.2, -0.15) is 25.0 Å². The van der Waals surface area contributed by atoms with E-state index in [2.05, 4.69) is 103 Å². The fraction of sp³-hybridized carbons (Fsp3) is 0.658. The van der Waals surface area contributed by atoms with E-state index >= 15 is 0 Å². The van der Waals surface area contributed by atoms with Crippen LogP contribution in [0.25, 0.3) is 0 Å². The second-order valence-electron chi connectivity index (χ2n) is 25.5. The number of carbonyl (C=O) groups excluding carboxylic acids is 2. The Kier molecular flexibility index (Phi) is 41.3. The summed E-state index contributed by atoms with van der Waals surface area (Å²) in [5, 5.41) is 52.4. The number of anilines is 1. The van der Waals surface area contributed by atoms with Gasteiger partial charge in [0.1, 0.15) is 23.3 Å². The van der Waals surface area contributed by atoms with E-state index in [0.717, 1.165) is 134 Å². The number of amides is 2. The van der Waals surface area contributed by atoms with Gasteiger partial charge < -0.3 is 35.8 Å². The first-order chi connectivity index (χ1) is 44.8. The molecule has 17 nitrogen and oxygen atoms in total. The van der Waals surface area contributed by atoms with Crippen LogP contribution in [0.15, 0.2) is 74.4 Å². The van der Waals surface area contributed by atoms with Crippen molar-refractivity contribution in [2.24, 2.45) is 33.9 Å². The van der Waals surface area contributed by atoms with Gasteiger partial charge in [-0.15, -0.1) is 5.11 Å². The SMILES string of the molecule is CCCCC(CC)CN(CC(CC)CCCC)C(=O)c1ccc(N)cc1.CCCCC(CC)CN(CC(CC)CCCC)C(=O)c1ccc(N=Nc2c(C)c(C#N)c(O)n(N(CCCC)CCCC)c2=O)cc1.CCCCN(CCCC)n1c(O)c(C#N)c(C)cc1=O. The van der Waals surface area contributed by atoms with Gasteiger partial charge in [-0.1, -0.05) is 186 Å². The number of nitrogens with zero attached hydrogens (tertiary/aromatic N) is 10. The number of aromatic nitrogens is 2. The standard InChI is InChI=1S/C38H60N6O3.C23H40N2O.C15H23N3O2/c1-8-14-18-30(12-5)27-42(28-31(13-6)19-15-9-2)36(45)32-20-22-33(23-21-32)40-41-35-29(7)34(26-39)37(46)44(38(35)47)43(24-16-10-3)25-17-11-4;1-5-9-11-19(7-3)17-25(18-20(8-4)12-10-6-2)23(26)21-13-15-22(24)16-14-21;1-4-6-8-17(9-7-5-2)18-14(19)10-12(3)13(11-16)15(18)20/h20-23,30-31,46H,8-19,24-25,27-28H2,1-7H3;13-16,19-20H,5-12,17-18,24H2,1-4H3;10,20H,4-9H2,1-3H3. The summed E-state index contributed by atoms with van der Waals surface area (Å²) in [4.78, 5) is 57.1. The lowest BCUT2D eigenvalue weighted by Gasteiger charge is -2.31. The molecule has 4 N–H and O–H groups in total. The Morgan fingerprint density at radius 3 is 1.16 bits per heavy atom. The molecule has 0 saturated carbocycles. The third-order valence-electron chi connectivity index (χ3n) is 18.0. The summed E-state index contributed by atoms with van der Waals surface area (Å²) in [5.74, 6) is 1.73. The number of carbonyl (C=O) groups is 2. The first-order valence-corrected chi connectivity index (χ1v) is 36.0. The zero-order valence-electron chi connectivity index (χ0n) is 60.2. The van der Waals surface area contributed by atoms with Crippen LogP contribution in [0, 0.1) is 60.2 Å². The van der Waals surface area contributed by atoms with Gasteiger partial charge in [0.05, 0.1) is 5.69 Å². The van der Waals surface area contributed by atoms with Crippen molar-refractivity contribution < 1.29 is 19.8 Å². The average Bonchev–Trinajstić information content (AvgIpc) is 0.835. The number of pyridine rings is 2. The normalized spacial score (nSPS) is 12.3. The summed E-state index contributed by atoms with van der Waals surface area (Å²) in [5.41, 5.74) is 8.54. The fourth-order valence-electron chi connectivity index (χ4n) is 11.5. The minimum absolute atomic E-state index is 0.00576. The molecule has 2 aromatic carbocycles. The van der Waals surface area contributed by atoms with Gasteiger partial charge in [0, 0.05) is 80.8 Å². The number of rotatable bonds is 42. The van der Waals surface area contributed by atoms with Crippen molar-refractivity contribution >= 4 is 28.9 Å². The number of hydrogen-bond acceptors (Lipinski definition) is 13. The molecular weight excluding hydrogens is 1160 g/mol. The van der Waals surface area contributed by atoms with Crippen molar-refractivity contribution in [3.05, 3.63) is 109 Å². The van der Waals surface area contributed by atoms with E-state index in [4.69, 9.17) is 11.0 Å². The molecule has 93 heavy (non-hydrogen) atoms. The number of hydrogen-bond donors (Lipinski definition) is 3. The number of unbranched alkanes of at least 4 members (excludes halogenated alkanes) is 8. The van der Waals surface area contributed by atoms with Crippen LogP contribution in [0.5, 0.6) is 11.8 Å². The molecular formula is C76H123N11O6. The molecule has 518 valence electrons. The van der Waals surface area contributed by atoms with Crippen molar-refractivity contribution in [2.45, 2.75) is 251 Å². The van der Waals surface area contributed by atoms with Crippen LogP contribution in [0.4, 0.5) is 17.1 Å². The molecule has 2 heterocycles. The lowest BCUT2D eigenvalue weighted by Crippen LogP contribution is -2.43. The lowest BCUT2D eigenvalue weighted by molar-refractivity contribution is 0.0678. The smallest absolute Gasteiger partial charge is 0.300 e. The van der Waals surface area contributed by atoms with Crippen LogP contribution in [-0.2, 0) is 0 Å². The van der Waals surface area contributed by atoms with Crippen molar-refractivity contribution in [3.8, 4) is 23.9 Å². The molecule has 0 aliphatic heterocycles. The topological polar surface area (TPSA) is 230 Å². The van der Waals surface area contributed by atoms with Crippen LogP contribution >= 0.6 is 0 Å². The molecule has 4 unspecified atom stereocenters. The number of aryl methyl sites for hydroxylation is 1. The molecule has 0 radical (unpaired) electrons. The summed E-state index contributed by atoms with van der Waals surface area (Å²) in [6.07, 6.45) is 26.0. The van der Waals surface area contributed by atoms with Gasteiger partial charge in [0.2, 0.25) is 11.8 Å². The Morgan fingerprint density at radius 1 is 0.495 bits per heavy atom. The number of benzene rings is 2. The Hall–Kier alpha value is -7.14. The average molecular weight is 1290 g/mol. The molecule has 2 amide bonds. The summed E-state index contributed by atoms with van der Waals surface area (Å²) in [6, 6.07) is 19.8. The molecule has 0 spiro atoms. The van der Waals surface area contributed by atoms with Crippen LogP contribution in [0.3, 0.4) is 0 Å². The maximum Gasteiger partial charge on any atom is 0.300 e. The quantitative estimate of drug-likeness (QED) is 0.0279. The van der Waals surface area contributed by atoms with Gasteiger partial charge in [-0.05, 0) is 143 Å². The highest BCUT2D eigenvalue weighted by Crippen LogP contribution is 2.29. The molecule has 4 atom stereocenters. The molecule has 17 heteroatoms. The maximum atomic E-state index is 13.9. The van der Waals surface area contributed by atoms with Crippen molar-refractivity contribution in [2.75, 3.05) is 68.1 Å². The summed E-state index contributed by atoms with van der Waals surface area (Å²) in [6.45, 7) is 35.2. The van der Waals surface area contributed by atoms with E-state index < -0.39 is 5.56 Å². The number of azo groups is 1. The molecule has 0 fully saturated rings. The maximum absolute atomic E-state index is 13.9. The highest BCUT2D eigenvalue weighted by molar-refractivity contribution is 5.95. The van der Waals surface area contributed by atoms with E-state index in [9.17, 15) is 34.7 Å². The molecule has 0 aliphatic rings. The van der Waals surface area contributed by atoms with E-state index in [1.54, 1.807) is 43.1 Å². The number of nitriles is 2. The van der Waals surface area contributed by atoms with Gasteiger partial charge in [-0.3, -0.25) is 19.2 Å². The molecule has 0 saturated heterocycles. The Morgan fingerprint density at radius 2 is 0.828 bits per heavy atom. The van der Waals surface area contributed by atoms with E-state index in [0.29, 0.717) is 72.4 Å². The van der Waals surface area contributed by atoms with Crippen molar-refractivity contribution in [1.29, 1.82) is 10.5 Å². The number of nitrogen functional groups attached to an aromatic ring is 1. The number of nitrogens with two attached hydrogens (primary N) is 1. The zero-order valence-corrected chi connectivity index (χ0v) is 60.2. The highest BCUT2D eigenvalue weighted by atomic mass is 16.3. The Bertz CT molecular complexity index is 2950. The predicted molar refractivity (Wildman–Crippen MR) is 386 cm³/mol. The van der Waals surface area contributed by atoms with Crippen molar-refractivity contribution in [3.63, 3.8) is 0 Å². The largest absolute Gasteiger partial charge is 0.492 e. The number of aromatic hydroxyl groups is 2. The van der Waals surface area contributed by atoms with Crippen molar-refractivity contribution in [1.82, 2.24) is 19.2 Å². The van der Waals surface area contributed by atoms with Gasteiger partial charge in [-0.25, -0.2) is 0 Å². The third kappa shape index (κ3) is 27.4. The monoisotopic (exact) mass is 1290 g/mol. The minimum atomic E-state index is -0.514. The molecule has 0 bridgehead atoms.